The van der Waals surface area contributed by atoms with Crippen molar-refractivity contribution in [1.82, 2.24) is 4.98 Å². The van der Waals surface area contributed by atoms with Crippen LogP contribution >= 0.6 is 11.3 Å². The Bertz CT molecular complexity index is 502. The highest BCUT2D eigenvalue weighted by Gasteiger charge is 2.09. The molecule has 18 heavy (non-hydrogen) atoms. The fourth-order valence-electron chi connectivity index (χ4n) is 1.74. The molecule has 0 amide bonds. The Kier molecular flexibility index (Phi) is 3.99. The van der Waals surface area contributed by atoms with Gasteiger partial charge in [-0.2, -0.15) is 0 Å². The summed E-state index contributed by atoms with van der Waals surface area (Å²) in [5, 5.41) is 0.979. The fraction of sp³-hybridized carbons (Fsp3) is 0.357. The van der Waals surface area contributed by atoms with Crippen LogP contribution in [0.1, 0.15) is 30.2 Å². The number of nitrogens with zero attached hydrogens (tertiary/aromatic N) is 2. The normalized spacial score (nSPS) is 10.9. The van der Waals surface area contributed by atoms with E-state index in [1.807, 2.05) is 13.2 Å². The van der Waals surface area contributed by atoms with Gasteiger partial charge in [0.25, 0.3) is 0 Å². The molecule has 0 spiro atoms. The van der Waals surface area contributed by atoms with Crippen molar-refractivity contribution in [2.45, 2.75) is 26.3 Å². The Balaban J connectivity index is 2.20. The molecule has 0 aliphatic carbocycles. The van der Waals surface area contributed by atoms with Gasteiger partial charge < -0.3 is 10.6 Å². The minimum atomic E-state index is 0.553. The zero-order valence-electron chi connectivity index (χ0n) is 11.1. The second-order valence-electron chi connectivity index (χ2n) is 4.62. The van der Waals surface area contributed by atoms with Crippen LogP contribution in [0.4, 0.5) is 10.8 Å². The van der Waals surface area contributed by atoms with Crippen LogP contribution in [0.25, 0.3) is 0 Å². The monoisotopic (exact) mass is 261 g/mol. The van der Waals surface area contributed by atoms with Gasteiger partial charge in [-0.25, -0.2) is 4.98 Å². The minimum Gasteiger partial charge on any atom is -0.326 e. The second-order valence-corrected chi connectivity index (χ2v) is 5.71. The van der Waals surface area contributed by atoms with Gasteiger partial charge in [-0.3, -0.25) is 0 Å². The predicted octanol–water partition coefficient (Wildman–Crippen LogP) is 3.49. The van der Waals surface area contributed by atoms with Gasteiger partial charge in [-0.1, -0.05) is 26.0 Å². The molecule has 0 atom stereocenters. The molecule has 0 fully saturated rings. The van der Waals surface area contributed by atoms with Gasteiger partial charge in [0, 0.05) is 30.4 Å². The molecule has 0 bridgehead atoms. The maximum Gasteiger partial charge on any atom is 0.189 e. The predicted molar refractivity (Wildman–Crippen MR) is 78.6 cm³/mol. The molecule has 1 aromatic carbocycles. The summed E-state index contributed by atoms with van der Waals surface area (Å²) in [6.45, 7) is 4.96. The second kappa shape index (κ2) is 5.50. The lowest BCUT2D eigenvalue weighted by atomic mass is 10.0. The third-order valence-electron chi connectivity index (χ3n) is 2.98. The van der Waals surface area contributed by atoms with Gasteiger partial charge in [0.1, 0.15) is 0 Å². The maximum atomic E-state index is 5.61. The first-order chi connectivity index (χ1) is 8.61. The summed E-state index contributed by atoms with van der Waals surface area (Å²) in [5.41, 5.74) is 8.11. The van der Waals surface area contributed by atoms with Crippen molar-refractivity contribution < 1.29 is 0 Å². The van der Waals surface area contributed by atoms with Gasteiger partial charge in [-0.05, 0) is 23.6 Å². The fourth-order valence-corrected chi connectivity index (χ4v) is 2.51. The molecule has 2 aromatic rings. The molecule has 2 N–H and O–H groups in total. The number of nitrogens with two attached hydrogens (primary N) is 1. The first-order valence-electron chi connectivity index (χ1n) is 6.10. The summed E-state index contributed by atoms with van der Waals surface area (Å²) in [6, 6.07) is 8.62. The van der Waals surface area contributed by atoms with Crippen LogP contribution in [-0.2, 0) is 6.54 Å². The van der Waals surface area contributed by atoms with Crippen LogP contribution in [0.3, 0.4) is 0 Å². The van der Waals surface area contributed by atoms with Crippen LogP contribution in [0.15, 0.2) is 30.5 Å². The van der Waals surface area contributed by atoms with Crippen molar-refractivity contribution >= 4 is 22.2 Å². The Morgan fingerprint density at radius 3 is 2.44 bits per heavy atom. The third-order valence-corrected chi connectivity index (χ3v) is 4.07. The van der Waals surface area contributed by atoms with E-state index < -0.39 is 0 Å². The van der Waals surface area contributed by atoms with Gasteiger partial charge in [-0.15, -0.1) is 11.3 Å². The third kappa shape index (κ3) is 2.71. The lowest BCUT2D eigenvalue weighted by Crippen LogP contribution is -2.08. The molecule has 3 nitrogen and oxygen atoms in total. The molecular weight excluding hydrogens is 242 g/mol. The van der Waals surface area contributed by atoms with Crippen LogP contribution < -0.4 is 10.6 Å². The largest absolute Gasteiger partial charge is 0.326 e. The van der Waals surface area contributed by atoms with E-state index in [4.69, 9.17) is 5.73 Å². The summed E-state index contributed by atoms with van der Waals surface area (Å²) < 4.78 is 0. The Morgan fingerprint density at radius 2 is 1.94 bits per heavy atom. The van der Waals surface area contributed by atoms with E-state index >= 15 is 0 Å². The molecule has 4 heteroatoms. The molecule has 0 aliphatic heterocycles. The van der Waals surface area contributed by atoms with E-state index in [1.54, 1.807) is 11.3 Å². The number of hydrogen-bond acceptors (Lipinski definition) is 4. The van der Waals surface area contributed by atoms with Crippen LogP contribution in [0.5, 0.6) is 0 Å². The highest BCUT2D eigenvalue weighted by Crippen LogP contribution is 2.28. The lowest BCUT2D eigenvalue weighted by Gasteiger charge is -2.16. The number of benzene rings is 1. The van der Waals surface area contributed by atoms with E-state index in [0.29, 0.717) is 12.5 Å². The molecule has 1 heterocycles. The van der Waals surface area contributed by atoms with Crippen molar-refractivity contribution in [3.63, 3.8) is 0 Å². The zero-order valence-corrected chi connectivity index (χ0v) is 11.9. The zero-order chi connectivity index (χ0) is 13.1. The van der Waals surface area contributed by atoms with Crippen molar-refractivity contribution in [3.8, 4) is 0 Å². The lowest BCUT2D eigenvalue weighted by molar-refractivity contribution is 0.866. The standard InChI is InChI=1S/C14H19N3S/c1-10(2)11-4-6-12(7-5-11)17(3)14-16-9-13(8-15)18-14/h4-7,9-10H,8,15H2,1-3H3. The van der Waals surface area contributed by atoms with Crippen molar-refractivity contribution in [1.29, 1.82) is 0 Å². The van der Waals surface area contributed by atoms with E-state index in [-0.39, 0.29) is 0 Å². The SMILES string of the molecule is CC(C)c1ccc(N(C)c2ncc(CN)s2)cc1. The first-order valence-corrected chi connectivity index (χ1v) is 6.92. The van der Waals surface area contributed by atoms with E-state index in [0.717, 1.165) is 15.7 Å². The van der Waals surface area contributed by atoms with Crippen LogP contribution in [-0.4, -0.2) is 12.0 Å². The number of rotatable bonds is 4. The van der Waals surface area contributed by atoms with Crippen molar-refractivity contribution in [2.75, 3.05) is 11.9 Å². The van der Waals surface area contributed by atoms with Gasteiger partial charge >= 0.3 is 0 Å². The highest BCUT2D eigenvalue weighted by atomic mass is 32.1. The van der Waals surface area contributed by atoms with Crippen molar-refractivity contribution in [3.05, 3.63) is 40.9 Å². The average molecular weight is 261 g/mol. The van der Waals surface area contributed by atoms with E-state index in [2.05, 4.69) is 48.0 Å². The topological polar surface area (TPSA) is 42.2 Å². The molecular formula is C14H19N3S. The summed E-state index contributed by atoms with van der Waals surface area (Å²) in [5.74, 6) is 0.563. The summed E-state index contributed by atoms with van der Waals surface area (Å²) >= 11 is 1.64. The quantitative estimate of drug-likeness (QED) is 0.916. The van der Waals surface area contributed by atoms with E-state index in [9.17, 15) is 0 Å². The minimum absolute atomic E-state index is 0.553. The van der Waals surface area contributed by atoms with Gasteiger partial charge in [0.15, 0.2) is 5.13 Å². The van der Waals surface area contributed by atoms with Gasteiger partial charge in [0.2, 0.25) is 0 Å². The Hall–Kier alpha value is -1.39. The van der Waals surface area contributed by atoms with Crippen LogP contribution in [0.2, 0.25) is 0 Å². The molecule has 0 saturated heterocycles. The highest BCUT2D eigenvalue weighted by molar-refractivity contribution is 7.15. The molecule has 0 aliphatic rings. The van der Waals surface area contributed by atoms with Crippen molar-refractivity contribution in [2.24, 2.45) is 5.73 Å². The Morgan fingerprint density at radius 1 is 1.28 bits per heavy atom. The molecule has 0 saturated carbocycles. The average Bonchev–Trinajstić information content (AvgIpc) is 2.86. The summed E-state index contributed by atoms with van der Waals surface area (Å²) in [4.78, 5) is 7.58. The van der Waals surface area contributed by atoms with E-state index in [1.165, 1.54) is 5.56 Å². The Labute approximate surface area is 112 Å². The summed E-state index contributed by atoms with van der Waals surface area (Å²) in [6.07, 6.45) is 1.85. The molecule has 96 valence electrons. The molecule has 2 rings (SSSR count). The number of anilines is 2. The van der Waals surface area contributed by atoms with Crippen LogP contribution in [0, 0.1) is 0 Å². The smallest absolute Gasteiger partial charge is 0.189 e. The first kappa shape index (κ1) is 13.1. The maximum absolute atomic E-state index is 5.61. The number of thiazole rings is 1. The number of aromatic nitrogens is 1. The van der Waals surface area contributed by atoms with Gasteiger partial charge in [0.05, 0.1) is 0 Å². The molecule has 0 radical (unpaired) electrons. The molecule has 0 unspecified atom stereocenters. The number of hydrogen-bond donors (Lipinski definition) is 1. The summed E-state index contributed by atoms with van der Waals surface area (Å²) in [7, 11) is 2.03. The molecule has 1 aromatic heterocycles.